The van der Waals surface area contributed by atoms with E-state index in [9.17, 15) is 0 Å². The van der Waals surface area contributed by atoms with Gasteiger partial charge in [-0.15, -0.1) is 0 Å². The monoisotopic (exact) mass is 137 g/mol. The number of likely N-dealkylation sites (N-methyl/N-ethyl adjacent to an activating group) is 1. The molecule has 0 saturated carbocycles. The first kappa shape index (κ1) is 9.02. The molecule has 0 aromatic rings. The standard InChI is InChI=1S/C9H15N/c1-7(2)6-8(3)9(4)10-5/h6,10H,1,4H2,2-3,5H3/b8-6-. The van der Waals surface area contributed by atoms with E-state index in [1.165, 1.54) is 0 Å². The quantitative estimate of drug-likeness (QED) is 0.588. The maximum Gasteiger partial charge on any atom is 0.0294 e. The van der Waals surface area contributed by atoms with Crippen LogP contribution in [0.2, 0.25) is 0 Å². The van der Waals surface area contributed by atoms with E-state index in [1.54, 1.807) is 0 Å². The third-order valence-corrected chi connectivity index (χ3v) is 1.24. The molecule has 56 valence electrons. The Hall–Kier alpha value is -0.980. The van der Waals surface area contributed by atoms with Gasteiger partial charge in [0.2, 0.25) is 0 Å². The third-order valence-electron chi connectivity index (χ3n) is 1.24. The van der Waals surface area contributed by atoms with Gasteiger partial charge in [0.15, 0.2) is 0 Å². The molecule has 0 aromatic carbocycles. The Morgan fingerprint density at radius 2 is 1.80 bits per heavy atom. The predicted molar refractivity (Wildman–Crippen MR) is 46.8 cm³/mol. The molecule has 0 aromatic heterocycles. The molecule has 0 radical (unpaired) electrons. The van der Waals surface area contributed by atoms with Crippen LogP contribution in [0.1, 0.15) is 13.8 Å². The fourth-order valence-electron chi connectivity index (χ4n) is 0.654. The molecule has 0 aliphatic carbocycles. The topological polar surface area (TPSA) is 12.0 Å². The number of rotatable bonds is 3. The first-order valence-corrected chi connectivity index (χ1v) is 3.28. The van der Waals surface area contributed by atoms with Crippen LogP contribution in [0.15, 0.2) is 36.1 Å². The van der Waals surface area contributed by atoms with Crippen LogP contribution in [0.4, 0.5) is 0 Å². The minimum Gasteiger partial charge on any atom is -0.388 e. The molecular weight excluding hydrogens is 122 g/mol. The highest BCUT2D eigenvalue weighted by Gasteiger charge is 1.90. The number of hydrogen-bond acceptors (Lipinski definition) is 1. The highest BCUT2D eigenvalue weighted by atomic mass is 14.8. The van der Waals surface area contributed by atoms with Crippen molar-refractivity contribution in [3.8, 4) is 0 Å². The van der Waals surface area contributed by atoms with Crippen LogP contribution in [0.3, 0.4) is 0 Å². The van der Waals surface area contributed by atoms with E-state index >= 15 is 0 Å². The van der Waals surface area contributed by atoms with Crippen molar-refractivity contribution < 1.29 is 0 Å². The average molecular weight is 137 g/mol. The number of hydrogen-bond donors (Lipinski definition) is 1. The van der Waals surface area contributed by atoms with Crippen molar-refractivity contribution in [1.82, 2.24) is 5.32 Å². The smallest absolute Gasteiger partial charge is 0.0294 e. The second-order valence-electron chi connectivity index (χ2n) is 2.40. The van der Waals surface area contributed by atoms with Gasteiger partial charge in [0.05, 0.1) is 0 Å². The predicted octanol–water partition coefficient (Wildman–Crippen LogP) is 2.24. The lowest BCUT2D eigenvalue weighted by Gasteiger charge is -2.03. The second kappa shape index (κ2) is 3.94. The van der Waals surface area contributed by atoms with Crippen molar-refractivity contribution in [2.45, 2.75) is 13.8 Å². The third kappa shape index (κ3) is 3.13. The van der Waals surface area contributed by atoms with Gasteiger partial charge in [-0.2, -0.15) is 0 Å². The molecule has 0 spiro atoms. The lowest BCUT2D eigenvalue weighted by Crippen LogP contribution is -2.04. The molecule has 0 fully saturated rings. The molecular formula is C9H15N. The summed E-state index contributed by atoms with van der Waals surface area (Å²) < 4.78 is 0. The van der Waals surface area contributed by atoms with Crippen molar-refractivity contribution >= 4 is 0 Å². The van der Waals surface area contributed by atoms with E-state index in [-0.39, 0.29) is 0 Å². The zero-order valence-corrected chi connectivity index (χ0v) is 6.99. The van der Waals surface area contributed by atoms with Crippen molar-refractivity contribution in [3.63, 3.8) is 0 Å². The minimum absolute atomic E-state index is 0.947. The molecule has 0 rings (SSSR count). The zero-order chi connectivity index (χ0) is 8.15. The van der Waals surface area contributed by atoms with E-state index < -0.39 is 0 Å². The SMILES string of the molecule is C=C(C)/C=C(/C)C(=C)NC. The molecule has 0 amide bonds. The summed E-state index contributed by atoms with van der Waals surface area (Å²) in [4.78, 5) is 0. The van der Waals surface area contributed by atoms with Gasteiger partial charge in [-0.1, -0.05) is 24.8 Å². The molecule has 1 nitrogen and oxygen atoms in total. The van der Waals surface area contributed by atoms with Gasteiger partial charge in [-0.05, 0) is 19.4 Å². The van der Waals surface area contributed by atoms with Crippen LogP contribution >= 0.6 is 0 Å². The molecule has 1 N–H and O–H groups in total. The fourth-order valence-corrected chi connectivity index (χ4v) is 0.654. The van der Waals surface area contributed by atoms with Crippen molar-refractivity contribution in [1.29, 1.82) is 0 Å². The maximum absolute atomic E-state index is 3.81. The summed E-state index contributed by atoms with van der Waals surface area (Å²) >= 11 is 0. The van der Waals surface area contributed by atoms with Gasteiger partial charge >= 0.3 is 0 Å². The van der Waals surface area contributed by atoms with Crippen LogP contribution in [-0.2, 0) is 0 Å². The molecule has 0 heterocycles. The van der Waals surface area contributed by atoms with Gasteiger partial charge < -0.3 is 5.32 Å². The van der Waals surface area contributed by atoms with Gasteiger partial charge in [0, 0.05) is 12.7 Å². The van der Waals surface area contributed by atoms with Gasteiger partial charge in [0.25, 0.3) is 0 Å². The Morgan fingerprint density at radius 1 is 1.30 bits per heavy atom. The molecule has 1 heteroatoms. The summed E-state index contributed by atoms with van der Waals surface area (Å²) in [5.41, 5.74) is 3.13. The summed E-state index contributed by atoms with van der Waals surface area (Å²) in [6.07, 6.45) is 2.00. The molecule has 0 atom stereocenters. The van der Waals surface area contributed by atoms with Crippen LogP contribution in [0.5, 0.6) is 0 Å². The highest BCUT2D eigenvalue weighted by Crippen LogP contribution is 2.05. The van der Waals surface area contributed by atoms with Crippen LogP contribution < -0.4 is 5.32 Å². The Kier molecular flexibility index (Phi) is 3.55. The average Bonchev–Trinajstić information content (AvgIpc) is 1.85. The Morgan fingerprint density at radius 3 is 2.10 bits per heavy atom. The number of nitrogens with one attached hydrogen (secondary N) is 1. The normalized spacial score (nSPS) is 10.9. The van der Waals surface area contributed by atoms with Crippen LogP contribution in [0, 0.1) is 0 Å². The molecule has 0 bridgehead atoms. The van der Waals surface area contributed by atoms with E-state index in [1.807, 2.05) is 27.0 Å². The second-order valence-corrected chi connectivity index (χ2v) is 2.40. The Labute approximate surface area is 63.1 Å². The van der Waals surface area contributed by atoms with Crippen molar-refractivity contribution in [2.75, 3.05) is 7.05 Å². The summed E-state index contributed by atoms with van der Waals surface area (Å²) in [5, 5.41) is 2.97. The number of allylic oxidation sites excluding steroid dienone is 3. The first-order chi connectivity index (χ1) is 4.57. The lowest BCUT2D eigenvalue weighted by atomic mass is 10.2. The molecule has 10 heavy (non-hydrogen) atoms. The Bertz CT molecular complexity index is 175. The van der Waals surface area contributed by atoms with Crippen molar-refractivity contribution in [2.24, 2.45) is 0 Å². The Balaban J connectivity index is 4.19. The first-order valence-electron chi connectivity index (χ1n) is 3.28. The fraction of sp³-hybridized carbons (Fsp3) is 0.333. The van der Waals surface area contributed by atoms with E-state index in [0.717, 1.165) is 16.8 Å². The zero-order valence-electron chi connectivity index (χ0n) is 6.99. The summed E-state index contributed by atoms with van der Waals surface area (Å²) in [6.45, 7) is 11.5. The summed E-state index contributed by atoms with van der Waals surface area (Å²) in [7, 11) is 1.86. The van der Waals surface area contributed by atoms with Crippen LogP contribution in [0.25, 0.3) is 0 Å². The minimum atomic E-state index is 0.947. The van der Waals surface area contributed by atoms with E-state index in [2.05, 4.69) is 18.5 Å². The lowest BCUT2D eigenvalue weighted by molar-refractivity contribution is 1.01. The van der Waals surface area contributed by atoms with Crippen LogP contribution in [-0.4, -0.2) is 7.05 Å². The van der Waals surface area contributed by atoms with E-state index in [0.29, 0.717) is 0 Å². The summed E-state index contributed by atoms with van der Waals surface area (Å²) in [6, 6.07) is 0. The maximum atomic E-state index is 3.81. The molecule has 0 unspecified atom stereocenters. The summed E-state index contributed by atoms with van der Waals surface area (Å²) in [5.74, 6) is 0. The highest BCUT2D eigenvalue weighted by molar-refractivity contribution is 5.30. The molecule has 0 aliphatic rings. The van der Waals surface area contributed by atoms with Crippen molar-refractivity contribution in [3.05, 3.63) is 36.1 Å². The molecule has 0 saturated heterocycles. The molecule has 0 aliphatic heterocycles. The van der Waals surface area contributed by atoms with E-state index in [4.69, 9.17) is 0 Å². The largest absolute Gasteiger partial charge is 0.388 e. The van der Waals surface area contributed by atoms with Gasteiger partial charge in [0.1, 0.15) is 0 Å². The van der Waals surface area contributed by atoms with Gasteiger partial charge in [-0.3, -0.25) is 0 Å². The van der Waals surface area contributed by atoms with Gasteiger partial charge in [-0.25, -0.2) is 0 Å².